The Morgan fingerprint density at radius 2 is 1.94 bits per heavy atom. The Hall–Kier alpha value is -0.370. The van der Waals surface area contributed by atoms with Crippen LogP contribution >= 0.6 is 0 Å². The number of hydrogen-bond acceptors (Lipinski definition) is 2. The van der Waals surface area contributed by atoms with E-state index in [1.165, 1.54) is 32.1 Å². The Labute approximate surface area is 106 Å². The summed E-state index contributed by atoms with van der Waals surface area (Å²) in [4.78, 5) is 14.9. The first kappa shape index (κ1) is 13.1. The van der Waals surface area contributed by atoms with Crippen molar-refractivity contribution in [1.29, 1.82) is 0 Å². The highest BCUT2D eigenvalue weighted by Crippen LogP contribution is 2.39. The predicted octanol–water partition coefficient (Wildman–Crippen LogP) is 3.26. The summed E-state index contributed by atoms with van der Waals surface area (Å²) in [5.41, 5.74) is -0.132. The summed E-state index contributed by atoms with van der Waals surface area (Å²) in [6.45, 7) is 2.30. The summed E-state index contributed by atoms with van der Waals surface area (Å²) < 4.78 is 0. The zero-order valence-corrected chi connectivity index (χ0v) is 11.7. The maximum atomic E-state index is 12.7. The molecule has 2 unspecified atom stereocenters. The van der Waals surface area contributed by atoms with Crippen molar-refractivity contribution >= 4 is 5.78 Å². The summed E-state index contributed by atoms with van der Waals surface area (Å²) >= 11 is 0. The van der Waals surface area contributed by atoms with Gasteiger partial charge in [-0.2, -0.15) is 0 Å². The number of rotatable bonds is 4. The van der Waals surface area contributed by atoms with Gasteiger partial charge in [-0.15, -0.1) is 0 Å². The Morgan fingerprint density at radius 1 is 1.24 bits per heavy atom. The van der Waals surface area contributed by atoms with Gasteiger partial charge in [-0.3, -0.25) is 9.69 Å². The van der Waals surface area contributed by atoms with E-state index in [2.05, 4.69) is 25.9 Å². The van der Waals surface area contributed by atoms with Crippen molar-refractivity contribution in [2.45, 2.75) is 63.8 Å². The van der Waals surface area contributed by atoms with Crippen LogP contribution < -0.4 is 0 Å². The van der Waals surface area contributed by atoms with E-state index < -0.39 is 0 Å². The molecule has 2 nitrogen and oxygen atoms in total. The van der Waals surface area contributed by atoms with Crippen LogP contribution in [0.3, 0.4) is 0 Å². The van der Waals surface area contributed by atoms with Gasteiger partial charge >= 0.3 is 0 Å². The van der Waals surface area contributed by atoms with Crippen LogP contribution in [-0.2, 0) is 4.79 Å². The van der Waals surface area contributed by atoms with Crippen molar-refractivity contribution in [3.05, 3.63) is 0 Å². The molecule has 98 valence electrons. The van der Waals surface area contributed by atoms with Crippen LogP contribution in [0.1, 0.15) is 58.3 Å². The number of ketones is 1. The number of carbonyl (C=O) groups excluding carboxylic acids is 1. The Morgan fingerprint density at radius 3 is 2.41 bits per heavy atom. The number of likely N-dealkylation sites (N-methyl/N-ethyl adjacent to an activating group) is 1. The lowest BCUT2D eigenvalue weighted by molar-refractivity contribution is -0.134. The molecule has 0 radical (unpaired) electrons. The highest BCUT2D eigenvalue weighted by atomic mass is 16.1. The van der Waals surface area contributed by atoms with E-state index in [-0.39, 0.29) is 5.54 Å². The number of hydrogen-bond donors (Lipinski definition) is 0. The maximum Gasteiger partial charge on any atom is 0.153 e. The van der Waals surface area contributed by atoms with Gasteiger partial charge in [0.05, 0.1) is 5.54 Å². The van der Waals surface area contributed by atoms with Crippen LogP contribution in [0.5, 0.6) is 0 Å². The molecular formula is C15H27NO. The lowest BCUT2D eigenvalue weighted by Crippen LogP contribution is -2.54. The molecule has 0 bridgehead atoms. The third-order valence-electron chi connectivity index (χ3n) is 5.05. The number of nitrogens with zero attached hydrogens (tertiary/aromatic N) is 1. The van der Waals surface area contributed by atoms with Gasteiger partial charge in [-0.05, 0) is 38.8 Å². The minimum atomic E-state index is -0.132. The average molecular weight is 237 g/mol. The predicted molar refractivity (Wildman–Crippen MR) is 71.0 cm³/mol. The van der Waals surface area contributed by atoms with Crippen molar-refractivity contribution in [1.82, 2.24) is 4.90 Å². The molecule has 2 fully saturated rings. The molecule has 2 aliphatic rings. The molecule has 0 spiro atoms. The van der Waals surface area contributed by atoms with Gasteiger partial charge in [0.15, 0.2) is 5.78 Å². The van der Waals surface area contributed by atoms with Gasteiger partial charge in [-0.1, -0.05) is 39.0 Å². The van der Waals surface area contributed by atoms with Crippen LogP contribution in [0, 0.1) is 11.8 Å². The first-order chi connectivity index (χ1) is 8.04. The quantitative estimate of drug-likeness (QED) is 0.748. The van der Waals surface area contributed by atoms with E-state index in [1.807, 2.05) is 0 Å². The first-order valence-corrected chi connectivity index (χ1v) is 7.25. The Bertz CT molecular complexity index is 283. The number of Topliss-reactive ketones (excluding diaryl/α,β-unsaturated/α-hetero) is 1. The maximum absolute atomic E-state index is 12.7. The van der Waals surface area contributed by atoms with E-state index in [0.29, 0.717) is 17.6 Å². The molecular weight excluding hydrogens is 210 g/mol. The fourth-order valence-corrected chi connectivity index (χ4v) is 3.58. The molecule has 0 aromatic rings. The first-order valence-electron chi connectivity index (χ1n) is 7.25. The van der Waals surface area contributed by atoms with Crippen molar-refractivity contribution in [2.75, 3.05) is 14.1 Å². The molecule has 0 aromatic heterocycles. The second kappa shape index (κ2) is 5.09. The molecule has 2 saturated carbocycles. The minimum Gasteiger partial charge on any atom is -0.298 e. The van der Waals surface area contributed by atoms with E-state index >= 15 is 0 Å². The lowest BCUT2D eigenvalue weighted by Gasteiger charge is -2.45. The van der Waals surface area contributed by atoms with Crippen molar-refractivity contribution in [3.63, 3.8) is 0 Å². The summed E-state index contributed by atoms with van der Waals surface area (Å²) in [6, 6.07) is 0. The van der Waals surface area contributed by atoms with E-state index in [0.717, 1.165) is 19.3 Å². The fraction of sp³-hybridized carbons (Fsp3) is 0.933. The SMILES string of the molecule is CC1CCCC(C(=O)CC2CCC2)(N(C)C)C1. The van der Waals surface area contributed by atoms with Gasteiger partial charge in [0.25, 0.3) is 0 Å². The van der Waals surface area contributed by atoms with E-state index in [9.17, 15) is 4.79 Å². The van der Waals surface area contributed by atoms with E-state index in [1.54, 1.807) is 0 Å². The summed E-state index contributed by atoms with van der Waals surface area (Å²) in [7, 11) is 4.19. The molecule has 0 N–H and O–H groups in total. The van der Waals surface area contributed by atoms with Crippen molar-refractivity contribution in [3.8, 4) is 0 Å². The van der Waals surface area contributed by atoms with E-state index in [4.69, 9.17) is 0 Å². The molecule has 2 atom stereocenters. The summed E-state index contributed by atoms with van der Waals surface area (Å²) in [6.07, 6.45) is 9.41. The lowest BCUT2D eigenvalue weighted by atomic mass is 9.69. The van der Waals surface area contributed by atoms with Crippen LogP contribution in [0.15, 0.2) is 0 Å². The fourth-order valence-electron chi connectivity index (χ4n) is 3.58. The van der Waals surface area contributed by atoms with Gasteiger partial charge in [-0.25, -0.2) is 0 Å². The molecule has 0 aliphatic heterocycles. The molecule has 2 heteroatoms. The molecule has 0 amide bonds. The third-order valence-corrected chi connectivity index (χ3v) is 5.05. The topological polar surface area (TPSA) is 20.3 Å². The molecule has 17 heavy (non-hydrogen) atoms. The Balaban J connectivity index is 2.06. The van der Waals surface area contributed by atoms with Gasteiger partial charge in [0, 0.05) is 6.42 Å². The average Bonchev–Trinajstić information content (AvgIpc) is 2.22. The number of carbonyl (C=O) groups is 1. The zero-order chi connectivity index (χ0) is 12.5. The van der Waals surface area contributed by atoms with Crippen LogP contribution in [0.2, 0.25) is 0 Å². The standard InChI is InChI=1S/C15H27NO/c1-12-6-5-9-15(11-12,16(2)3)14(17)10-13-7-4-8-13/h12-13H,4-11H2,1-3H3. The second-order valence-corrected chi connectivity index (χ2v) is 6.55. The normalized spacial score (nSPS) is 34.7. The highest BCUT2D eigenvalue weighted by Gasteiger charge is 2.43. The molecule has 0 heterocycles. The second-order valence-electron chi connectivity index (χ2n) is 6.55. The van der Waals surface area contributed by atoms with Crippen LogP contribution in [-0.4, -0.2) is 30.3 Å². The van der Waals surface area contributed by atoms with Gasteiger partial charge in [0.1, 0.15) is 0 Å². The minimum absolute atomic E-state index is 0.132. The monoisotopic (exact) mass is 237 g/mol. The molecule has 2 rings (SSSR count). The van der Waals surface area contributed by atoms with Gasteiger partial charge in [0.2, 0.25) is 0 Å². The molecule has 0 saturated heterocycles. The van der Waals surface area contributed by atoms with Crippen LogP contribution in [0.25, 0.3) is 0 Å². The zero-order valence-electron chi connectivity index (χ0n) is 11.7. The molecule has 2 aliphatic carbocycles. The van der Waals surface area contributed by atoms with Crippen molar-refractivity contribution < 1.29 is 4.79 Å². The summed E-state index contributed by atoms with van der Waals surface area (Å²) in [5, 5.41) is 0. The smallest absolute Gasteiger partial charge is 0.153 e. The molecule has 0 aromatic carbocycles. The van der Waals surface area contributed by atoms with Gasteiger partial charge < -0.3 is 0 Å². The third kappa shape index (κ3) is 2.57. The highest BCUT2D eigenvalue weighted by molar-refractivity contribution is 5.88. The van der Waals surface area contributed by atoms with Crippen LogP contribution in [0.4, 0.5) is 0 Å². The Kier molecular flexibility index (Phi) is 3.92. The van der Waals surface area contributed by atoms with Crippen molar-refractivity contribution in [2.24, 2.45) is 11.8 Å². The largest absolute Gasteiger partial charge is 0.298 e. The summed E-state index contributed by atoms with van der Waals surface area (Å²) in [5.74, 6) is 1.94.